The summed E-state index contributed by atoms with van der Waals surface area (Å²) in [5.41, 5.74) is 4.88. The molecule has 2 unspecified atom stereocenters. The van der Waals surface area contributed by atoms with Crippen LogP contribution in [-0.2, 0) is 16.1 Å². The minimum absolute atomic E-state index is 0.0147. The predicted molar refractivity (Wildman–Crippen MR) is 125 cm³/mol. The number of rotatable bonds is 6. The number of nitrogens with zero attached hydrogens (tertiary/aromatic N) is 1. The fourth-order valence-electron chi connectivity index (χ4n) is 5.27. The molecular weight excluding hydrogens is 403 g/mol. The number of amides is 1. The Morgan fingerprint density at radius 3 is 2.38 bits per heavy atom. The van der Waals surface area contributed by atoms with E-state index in [1.165, 1.54) is 6.42 Å². The van der Waals surface area contributed by atoms with E-state index in [2.05, 4.69) is 24.1 Å². The number of halogens is 1. The lowest BCUT2D eigenvalue weighted by Gasteiger charge is -2.33. The fourth-order valence-corrected chi connectivity index (χ4v) is 5.27. The van der Waals surface area contributed by atoms with E-state index in [1.54, 1.807) is 0 Å². The van der Waals surface area contributed by atoms with Crippen LogP contribution < -0.4 is 5.32 Å². The number of hydrogen-bond acceptors (Lipinski definition) is 3. The molecule has 1 saturated carbocycles. The van der Waals surface area contributed by atoms with Gasteiger partial charge in [-0.15, -0.1) is 0 Å². The molecule has 1 aromatic heterocycles. The van der Waals surface area contributed by atoms with Gasteiger partial charge in [-0.25, -0.2) is 4.39 Å². The maximum Gasteiger partial charge on any atom is 0.220 e. The van der Waals surface area contributed by atoms with Gasteiger partial charge >= 0.3 is 0 Å². The first-order chi connectivity index (χ1) is 15.3. The van der Waals surface area contributed by atoms with Crippen molar-refractivity contribution in [2.75, 3.05) is 0 Å². The summed E-state index contributed by atoms with van der Waals surface area (Å²) >= 11 is 0. The van der Waals surface area contributed by atoms with Gasteiger partial charge in [0.1, 0.15) is 5.82 Å². The van der Waals surface area contributed by atoms with Crippen LogP contribution >= 0.6 is 0 Å². The molecule has 5 heteroatoms. The summed E-state index contributed by atoms with van der Waals surface area (Å²) in [6.45, 7) is 8.21. The van der Waals surface area contributed by atoms with Gasteiger partial charge in [0.15, 0.2) is 0 Å². The average Bonchev–Trinajstić information content (AvgIpc) is 2.68. The van der Waals surface area contributed by atoms with E-state index in [0.29, 0.717) is 17.9 Å². The molecular formula is C27H35FN2O2. The van der Waals surface area contributed by atoms with E-state index in [9.17, 15) is 4.79 Å². The van der Waals surface area contributed by atoms with E-state index in [1.807, 2.05) is 38.1 Å². The molecule has 2 heterocycles. The molecule has 0 radical (unpaired) electrons. The van der Waals surface area contributed by atoms with Crippen LogP contribution in [0.2, 0.25) is 0 Å². The van der Waals surface area contributed by atoms with Crippen molar-refractivity contribution in [3.05, 3.63) is 52.6 Å². The standard InChI is InChI=1S/C27H35FN2O2/c1-16-10-21(11-17(2)30-16)23-8-9-24(22-12-18(3)32-19(4)13-22)27(28)25(23)15-29-26(31)14-20-6-5-7-20/h8-11,18-20,22H,5-7,12-15H2,1-4H3,(H,29,31). The quantitative estimate of drug-likeness (QED) is 0.603. The normalized spacial score (nSPS) is 23.6. The third-order valence-corrected chi connectivity index (χ3v) is 6.96. The molecule has 2 aliphatic rings. The number of nitrogens with one attached hydrogen (secondary N) is 1. The molecule has 4 nitrogen and oxygen atoms in total. The zero-order valence-corrected chi connectivity index (χ0v) is 19.7. The second-order valence-electron chi connectivity index (χ2n) is 9.84. The topological polar surface area (TPSA) is 51.2 Å². The van der Waals surface area contributed by atoms with Gasteiger partial charge in [-0.05, 0) is 94.0 Å². The first kappa shape index (κ1) is 22.9. The van der Waals surface area contributed by atoms with Crippen molar-refractivity contribution in [3.63, 3.8) is 0 Å². The zero-order valence-electron chi connectivity index (χ0n) is 19.7. The highest BCUT2D eigenvalue weighted by Crippen LogP contribution is 2.38. The first-order valence-corrected chi connectivity index (χ1v) is 12.0. The maximum absolute atomic E-state index is 16.0. The van der Waals surface area contributed by atoms with E-state index >= 15 is 4.39 Å². The van der Waals surface area contributed by atoms with Gasteiger partial charge in [0.05, 0.1) is 12.2 Å². The number of carbonyl (C=O) groups excluding carboxylic acids is 1. The Balaban J connectivity index is 1.67. The molecule has 2 aromatic rings. The number of aryl methyl sites for hydroxylation is 2. The van der Waals surface area contributed by atoms with Gasteiger partial charge in [0.2, 0.25) is 5.91 Å². The number of pyridine rings is 1. The molecule has 2 fully saturated rings. The van der Waals surface area contributed by atoms with Crippen molar-refractivity contribution >= 4 is 5.91 Å². The molecule has 1 amide bonds. The van der Waals surface area contributed by atoms with Crippen molar-refractivity contribution in [1.82, 2.24) is 10.3 Å². The molecule has 2 atom stereocenters. The Morgan fingerprint density at radius 1 is 1.12 bits per heavy atom. The van der Waals surface area contributed by atoms with E-state index in [-0.39, 0.29) is 36.4 Å². The van der Waals surface area contributed by atoms with Gasteiger partial charge < -0.3 is 10.1 Å². The van der Waals surface area contributed by atoms with Gasteiger partial charge in [-0.1, -0.05) is 18.6 Å². The Labute approximate surface area is 191 Å². The highest BCUT2D eigenvalue weighted by atomic mass is 19.1. The Kier molecular flexibility index (Phi) is 6.94. The monoisotopic (exact) mass is 438 g/mol. The molecule has 1 aliphatic carbocycles. The van der Waals surface area contributed by atoms with Crippen LogP contribution in [0.25, 0.3) is 11.1 Å². The summed E-state index contributed by atoms with van der Waals surface area (Å²) < 4.78 is 21.9. The second kappa shape index (κ2) is 9.70. The van der Waals surface area contributed by atoms with Crippen LogP contribution in [0.4, 0.5) is 4.39 Å². The molecule has 0 spiro atoms. The van der Waals surface area contributed by atoms with Gasteiger partial charge in [0, 0.05) is 29.9 Å². The van der Waals surface area contributed by atoms with Gasteiger partial charge in [-0.2, -0.15) is 0 Å². The maximum atomic E-state index is 16.0. The minimum atomic E-state index is -0.190. The summed E-state index contributed by atoms with van der Waals surface area (Å²) in [5.74, 6) is 0.431. The summed E-state index contributed by atoms with van der Waals surface area (Å²) in [4.78, 5) is 17.0. The van der Waals surface area contributed by atoms with Crippen molar-refractivity contribution in [2.24, 2.45) is 5.92 Å². The molecule has 0 bridgehead atoms. The van der Waals surface area contributed by atoms with Crippen LogP contribution in [0.15, 0.2) is 24.3 Å². The fraction of sp³-hybridized carbons (Fsp3) is 0.556. The second-order valence-corrected chi connectivity index (χ2v) is 9.84. The summed E-state index contributed by atoms with van der Waals surface area (Å²) in [5, 5.41) is 3.01. The molecule has 4 rings (SSSR count). The molecule has 1 aliphatic heterocycles. The van der Waals surface area contributed by atoms with E-state index in [0.717, 1.165) is 53.8 Å². The zero-order chi connectivity index (χ0) is 22.8. The number of benzene rings is 1. The molecule has 1 N–H and O–H groups in total. The number of ether oxygens (including phenoxy) is 1. The van der Waals surface area contributed by atoms with Crippen molar-refractivity contribution < 1.29 is 13.9 Å². The largest absolute Gasteiger partial charge is 0.376 e. The average molecular weight is 439 g/mol. The SMILES string of the molecule is Cc1cc(-c2ccc(C3CC(C)OC(C)C3)c(F)c2CNC(=O)CC2CCC2)cc(C)n1. The highest BCUT2D eigenvalue weighted by molar-refractivity contribution is 5.77. The lowest BCUT2D eigenvalue weighted by molar-refractivity contribution is -0.122. The number of aromatic nitrogens is 1. The van der Waals surface area contributed by atoms with E-state index in [4.69, 9.17) is 4.74 Å². The van der Waals surface area contributed by atoms with Crippen LogP contribution in [0, 0.1) is 25.6 Å². The number of carbonyl (C=O) groups is 1. The third kappa shape index (κ3) is 5.20. The Bertz CT molecular complexity index is 956. The Hall–Kier alpha value is -2.27. The molecule has 32 heavy (non-hydrogen) atoms. The Morgan fingerprint density at radius 2 is 1.78 bits per heavy atom. The number of hydrogen-bond donors (Lipinski definition) is 1. The highest BCUT2D eigenvalue weighted by Gasteiger charge is 2.29. The summed E-state index contributed by atoms with van der Waals surface area (Å²) in [7, 11) is 0. The van der Waals surface area contributed by atoms with Crippen LogP contribution in [0.5, 0.6) is 0 Å². The van der Waals surface area contributed by atoms with E-state index < -0.39 is 0 Å². The lowest BCUT2D eigenvalue weighted by atomic mass is 9.82. The van der Waals surface area contributed by atoms with Crippen LogP contribution in [0.1, 0.15) is 80.8 Å². The van der Waals surface area contributed by atoms with Crippen molar-refractivity contribution in [1.29, 1.82) is 0 Å². The van der Waals surface area contributed by atoms with Gasteiger partial charge in [0.25, 0.3) is 0 Å². The van der Waals surface area contributed by atoms with Crippen LogP contribution in [0.3, 0.4) is 0 Å². The minimum Gasteiger partial charge on any atom is -0.376 e. The molecule has 1 aromatic carbocycles. The predicted octanol–water partition coefficient (Wildman–Crippen LogP) is 5.98. The third-order valence-electron chi connectivity index (χ3n) is 6.96. The summed E-state index contributed by atoms with van der Waals surface area (Å²) in [6.07, 6.45) is 5.83. The lowest BCUT2D eigenvalue weighted by Crippen LogP contribution is -2.29. The molecule has 1 saturated heterocycles. The summed E-state index contributed by atoms with van der Waals surface area (Å²) in [6, 6.07) is 7.93. The smallest absolute Gasteiger partial charge is 0.220 e. The van der Waals surface area contributed by atoms with Crippen LogP contribution in [-0.4, -0.2) is 23.1 Å². The van der Waals surface area contributed by atoms with Crippen molar-refractivity contribution in [3.8, 4) is 11.1 Å². The van der Waals surface area contributed by atoms with Crippen molar-refractivity contribution in [2.45, 2.75) is 90.9 Å². The first-order valence-electron chi connectivity index (χ1n) is 12.0. The molecule has 172 valence electrons. The van der Waals surface area contributed by atoms with Gasteiger partial charge in [-0.3, -0.25) is 9.78 Å².